The van der Waals surface area contributed by atoms with Crippen molar-refractivity contribution in [3.8, 4) is 0 Å². The van der Waals surface area contributed by atoms with Crippen molar-refractivity contribution in [1.82, 2.24) is 4.90 Å². The minimum Gasteiger partial charge on any atom is -0.302 e. The zero-order chi connectivity index (χ0) is 14.6. The normalized spacial score (nSPS) is 14.3. The van der Waals surface area contributed by atoms with Gasteiger partial charge in [0.2, 0.25) is 0 Å². The van der Waals surface area contributed by atoms with Crippen LogP contribution in [0.3, 0.4) is 0 Å². The zero-order valence-electron chi connectivity index (χ0n) is 14.5. The number of unbranched alkanes of at least 4 members (excludes halogenated alkanes) is 1. The topological polar surface area (TPSA) is 3.24 Å². The summed E-state index contributed by atoms with van der Waals surface area (Å²) in [5, 5.41) is 0. The number of hydrogen-bond donors (Lipinski definition) is 0. The van der Waals surface area contributed by atoms with Crippen LogP contribution in [-0.2, 0) is 0 Å². The van der Waals surface area contributed by atoms with Crippen molar-refractivity contribution < 1.29 is 0 Å². The minimum absolute atomic E-state index is 0.306. The molecule has 0 aromatic heterocycles. The average molecular weight is 255 g/mol. The molecular formula is C17H37N. The molecule has 0 radical (unpaired) electrons. The van der Waals surface area contributed by atoms with Gasteiger partial charge in [0, 0.05) is 5.54 Å². The highest BCUT2D eigenvalue weighted by molar-refractivity contribution is 4.77. The maximum atomic E-state index is 2.46. The standard InChI is InChI=1S/C17H37N/c1-15(2,3)14-17(7,8)12-10-11-13-18(9)16(4,5)6/h10-14H2,1-9H3. The molecule has 1 nitrogen and oxygen atoms in total. The van der Waals surface area contributed by atoms with Gasteiger partial charge in [-0.2, -0.15) is 0 Å². The molecule has 110 valence electrons. The SMILES string of the molecule is CN(CCCCC(C)(C)CC(C)(C)C)C(C)(C)C. The molecule has 0 amide bonds. The van der Waals surface area contributed by atoms with Crippen LogP contribution >= 0.6 is 0 Å². The van der Waals surface area contributed by atoms with Crippen molar-refractivity contribution in [3.05, 3.63) is 0 Å². The Morgan fingerprint density at radius 3 is 1.67 bits per heavy atom. The lowest BCUT2D eigenvalue weighted by atomic mass is 9.74. The van der Waals surface area contributed by atoms with E-state index in [1.54, 1.807) is 0 Å². The highest BCUT2D eigenvalue weighted by Gasteiger charge is 2.25. The summed E-state index contributed by atoms with van der Waals surface area (Å²) >= 11 is 0. The molecule has 0 unspecified atom stereocenters. The van der Waals surface area contributed by atoms with Crippen molar-refractivity contribution in [3.63, 3.8) is 0 Å². The predicted octanol–water partition coefficient (Wildman–Crippen LogP) is 5.35. The molecule has 0 spiro atoms. The van der Waals surface area contributed by atoms with Crippen LogP contribution in [0.5, 0.6) is 0 Å². The fourth-order valence-corrected chi connectivity index (χ4v) is 2.81. The Balaban J connectivity index is 3.91. The Kier molecular flexibility index (Phi) is 6.40. The van der Waals surface area contributed by atoms with E-state index < -0.39 is 0 Å². The molecule has 0 heterocycles. The van der Waals surface area contributed by atoms with E-state index in [0.717, 1.165) is 0 Å². The van der Waals surface area contributed by atoms with Crippen molar-refractivity contribution >= 4 is 0 Å². The summed E-state index contributed by atoms with van der Waals surface area (Å²) in [5.74, 6) is 0. The Hall–Kier alpha value is -0.0400. The second-order valence-electron chi connectivity index (χ2n) is 8.95. The molecule has 0 aromatic rings. The van der Waals surface area contributed by atoms with E-state index >= 15 is 0 Å². The summed E-state index contributed by atoms with van der Waals surface area (Å²) in [6.45, 7) is 20.0. The molecule has 0 aromatic carbocycles. The van der Waals surface area contributed by atoms with Crippen LogP contribution in [0.1, 0.15) is 81.1 Å². The summed E-state index contributed by atoms with van der Waals surface area (Å²) < 4.78 is 0. The van der Waals surface area contributed by atoms with Crippen LogP contribution in [-0.4, -0.2) is 24.0 Å². The maximum absolute atomic E-state index is 2.46. The third-order valence-corrected chi connectivity index (χ3v) is 3.75. The average Bonchev–Trinajstić information content (AvgIpc) is 2.06. The first kappa shape index (κ1) is 18.0. The molecule has 0 N–H and O–H groups in total. The largest absolute Gasteiger partial charge is 0.302 e. The minimum atomic E-state index is 0.306. The van der Waals surface area contributed by atoms with Gasteiger partial charge >= 0.3 is 0 Å². The van der Waals surface area contributed by atoms with E-state index in [2.05, 4.69) is 67.3 Å². The van der Waals surface area contributed by atoms with Gasteiger partial charge in [0.05, 0.1) is 0 Å². The molecule has 0 saturated heterocycles. The second kappa shape index (κ2) is 6.41. The molecule has 0 atom stereocenters. The van der Waals surface area contributed by atoms with Crippen LogP contribution in [0.2, 0.25) is 0 Å². The number of hydrogen-bond acceptors (Lipinski definition) is 1. The first-order valence-electron chi connectivity index (χ1n) is 7.55. The molecule has 18 heavy (non-hydrogen) atoms. The van der Waals surface area contributed by atoms with E-state index in [9.17, 15) is 0 Å². The number of rotatable bonds is 6. The lowest BCUT2D eigenvalue weighted by Gasteiger charge is -2.34. The van der Waals surface area contributed by atoms with Crippen molar-refractivity contribution in [1.29, 1.82) is 0 Å². The van der Waals surface area contributed by atoms with E-state index in [1.807, 2.05) is 0 Å². The molecule has 0 fully saturated rings. The van der Waals surface area contributed by atoms with E-state index in [1.165, 1.54) is 32.2 Å². The van der Waals surface area contributed by atoms with Gasteiger partial charge in [-0.05, 0) is 64.5 Å². The van der Waals surface area contributed by atoms with Crippen molar-refractivity contribution in [2.24, 2.45) is 10.8 Å². The van der Waals surface area contributed by atoms with E-state index in [0.29, 0.717) is 16.4 Å². The highest BCUT2D eigenvalue weighted by Crippen LogP contribution is 2.36. The van der Waals surface area contributed by atoms with Gasteiger partial charge in [0.1, 0.15) is 0 Å². The quantitative estimate of drug-likeness (QED) is 0.578. The van der Waals surface area contributed by atoms with Gasteiger partial charge in [0.15, 0.2) is 0 Å². The molecule has 0 bridgehead atoms. The maximum Gasteiger partial charge on any atom is 0.0122 e. The third-order valence-electron chi connectivity index (χ3n) is 3.75. The van der Waals surface area contributed by atoms with E-state index in [-0.39, 0.29) is 0 Å². The van der Waals surface area contributed by atoms with Gasteiger partial charge in [-0.3, -0.25) is 0 Å². The summed E-state index contributed by atoms with van der Waals surface area (Å²) in [5.41, 5.74) is 1.24. The molecule has 1 heteroatoms. The zero-order valence-corrected chi connectivity index (χ0v) is 14.5. The molecule has 0 aliphatic heterocycles. The van der Waals surface area contributed by atoms with Crippen LogP contribution in [0.25, 0.3) is 0 Å². The first-order chi connectivity index (χ1) is 7.83. The molecule has 0 saturated carbocycles. The Bertz CT molecular complexity index is 227. The summed E-state index contributed by atoms with van der Waals surface area (Å²) in [6, 6.07) is 0. The molecule has 0 aliphatic carbocycles. The fraction of sp³-hybridized carbons (Fsp3) is 1.00. The first-order valence-corrected chi connectivity index (χ1v) is 7.55. The summed E-state index contributed by atoms with van der Waals surface area (Å²) in [6.07, 6.45) is 5.34. The fourth-order valence-electron chi connectivity index (χ4n) is 2.81. The van der Waals surface area contributed by atoms with Gasteiger partial charge in [-0.25, -0.2) is 0 Å². The third kappa shape index (κ3) is 8.97. The van der Waals surface area contributed by atoms with Crippen LogP contribution in [0.15, 0.2) is 0 Å². The molecular weight excluding hydrogens is 218 g/mol. The van der Waals surface area contributed by atoms with Gasteiger partial charge < -0.3 is 4.90 Å². The lowest BCUT2D eigenvalue weighted by Crippen LogP contribution is -2.38. The van der Waals surface area contributed by atoms with Crippen LogP contribution in [0.4, 0.5) is 0 Å². The van der Waals surface area contributed by atoms with Crippen LogP contribution < -0.4 is 0 Å². The summed E-state index contributed by atoms with van der Waals surface area (Å²) in [4.78, 5) is 2.46. The van der Waals surface area contributed by atoms with E-state index in [4.69, 9.17) is 0 Å². The van der Waals surface area contributed by atoms with Crippen molar-refractivity contribution in [2.75, 3.05) is 13.6 Å². The van der Waals surface area contributed by atoms with Gasteiger partial charge in [0.25, 0.3) is 0 Å². The highest BCUT2D eigenvalue weighted by atomic mass is 15.1. The second-order valence-corrected chi connectivity index (χ2v) is 8.95. The van der Waals surface area contributed by atoms with Gasteiger partial charge in [-0.15, -0.1) is 0 Å². The van der Waals surface area contributed by atoms with Gasteiger partial charge in [-0.1, -0.05) is 41.0 Å². The lowest BCUT2D eigenvalue weighted by molar-refractivity contribution is 0.161. The van der Waals surface area contributed by atoms with Crippen molar-refractivity contribution in [2.45, 2.75) is 86.6 Å². The predicted molar refractivity (Wildman–Crippen MR) is 84.1 cm³/mol. The Labute approximate surface area is 116 Å². The summed E-state index contributed by atoms with van der Waals surface area (Å²) in [7, 11) is 2.24. The van der Waals surface area contributed by atoms with Crippen LogP contribution in [0, 0.1) is 10.8 Å². The molecule has 0 rings (SSSR count). The molecule has 0 aliphatic rings. The monoisotopic (exact) mass is 255 g/mol. The Morgan fingerprint density at radius 2 is 1.28 bits per heavy atom. The smallest absolute Gasteiger partial charge is 0.0122 e. The number of nitrogens with zero attached hydrogens (tertiary/aromatic N) is 1. The Morgan fingerprint density at radius 1 is 0.778 bits per heavy atom.